The minimum absolute atomic E-state index is 0.280. The summed E-state index contributed by atoms with van der Waals surface area (Å²) >= 11 is 0. The van der Waals surface area contributed by atoms with E-state index >= 15 is 0 Å². The van der Waals surface area contributed by atoms with E-state index < -0.39 is 0 Å². The van der Waals surface area contributed by atoms with Crippen molar-refractivity contribution in [2.75, 3.05) is 84.4 Å². The fraction of sp³-hybridized carbons (Fsp3) is 0.514. The summed E-state index contributed by atoms with van der Waals surface area (Å²) in [5.74, 6) is 3.70. The molecule has 0 bridgehead atoms. The fourth-order valence-corrected chi connectivity index (χ4v) is 6.52. The van der Waals surface area contributed by atoms with Gasteiger partial charge in [-0.05, 0) is 54.9 Å². The molecule has 0 N–H and O–H groups in total. The zero-order chi connectivity index (χ0) is 32.1. The largest absolute Gasteiger partial charge is 0.496 e. The average molecular weight is 604 g/mol. The molecule has 1 unspecified atom stereocenters. The van der Waals surface area contributed by atoms with Crippen molar-refractivity contribution in [2.45, 2.75) is 52.4 Å². The maximum atomic E-state index is 6.32. The van der Waals surface area contributed by atoms with Crippen LogP contribution in [0.3, 0.4) is 0 Å². The molecule has 0 saturated carbocycles. The average Bonchev–Trinajstić information content (AvgIpc) is 3.04. The van der Waals surface area contributed by atoms with Gasteiger partial charge in [0.15, 0.2) is 0 Å². The lowest BCUT2D eigenvalue weighted by molar-refractivity contribution is 0.378. The predicted molar refractivity (Wildman–Crippen MR) is 184 cm³/mol. The molecular formula is C37H53N3O4. The van der Waals surface area contributed by atoms with Crippen LogP contribution in [0, 0.1) is 5.92 Å². The number of rotatable bonds is 12. The molecule has 7 nitrogen and oxygen atoms in total. The Hall–Kier alpha value is -3.74. The van der Waals surface area contributed by atoms with Crippen LogP contribution in [-0.2, 0) is 12.8 Å². The molecule has 0 amide bonds. The summed E-state index contributed by atoms with van der Waals surface area (Å²) in [7, 11) is 15.2. The first-order valence-electron chi connectivity index (χ1n) is 15.9. The van der Waals surface area contributed by atoms with Crippen molar-refractivity contribution in [1.82, 2.24) is 0 Å². The zero-order valence-electron chi connectivity index (χ0n) is 28.8. The number of nitrogens with zero attached hydrogens (tertiary/aromatic N) is 3. The monoisotopic (exact) mass is 603 g/mol. The van der Waals surface area contributed by atoms with Gasteiger partial charge in [-0.3, -0.25) is 0 Å². The van der Waals surface area contributed by atoms with Gasteiger partial charge in [0.1, 0.15) is 23.0 Å². The highest BCUT2D eigenvalue weighted by Crippen LogP contribution is 2.52. The fourth-order valence-electron chi connectivity index (χ4n) is 6.52. The van der Waals surface area contributed by atoms with E-state index in [4.69, 9.17) is 18.9 Å². The summed E-state index contributed by atoms with van der Waals surface area (Å²) in [6, 6.07) is 13.2. The molecule has 44 heavy (non-hydrogen) atoms. The Morgan fingerprint density at radius 1 is 0.636 bits per heavy atom. The number of piperidine rings is 1. The molecular weight excluding hydrogens is 550 g/mol. The molecule has 0 radical (unpaired) electrons. The first kappa shape index (κ1) is 33.2. The van der Waals surface area contributed by atoms with Crippen molar-refractivity contribution in [2.24, 2.45) is 5.92 Å². The Morgan fingerprint density at radius 2 is 1.05 bits per heavy atom. The number of benzene rings is 3. The number of methoxy groups -OCH3 is 4. The third-order valence-electron chi connectivity index (χ3n) is 9.20. The van der Waals surface area contributed by atoms with E-state index in [2.05, 4.69) is 86.0 Å². The van der Waals surface area contributed by atoms with Gasteiger partial charge in [-0.1, -0.05) is 20.8 Å². The predicted octanol–water partition coefficient (Wildman–Crippen LogP) is 7.39. The third kappa shape index (κ3) is 6.52. The Bertz CT molecular complexity index is 1280. The van der Waals surface area contributed by atoms with Crippen molar-refractivity contribution in [3.05, 3.63) is 64.2 Å². The maximum absolute atomic E-state index is 6.32. The second kappa shape index (κ2) is 14.4. The van der Waals surface area contributed by atoms with Crippen LogP contribution in [0.2, 0.25) is 0 Å². The van der Waals surface area contributed by atoms with E-state index in [9.17, 15) is 0 Å². The van der Waals surface area contributed by atoms with Gasteiger partial charge in [-0.25, -0.2) is 0 Å². The van der Waals surface area contributed by atoms with Gasteiger partial charge in [0, 0.05) is 105 Å². The third-order valence-corrected chi connectivity index (χ3v) is 9.20. The van der Waals surface area contributed by atoms with Gasteiger partial charge < -0.3 is 33.6 Å². The van der Waals surface area contributed by atoms with Crippen molar-refractivity contribution in [3.8, 4) is 23.0 Å². The number of hydrogen-bond donors (Lipinski definition) is 0. The molecule has 1 fully saturated rings. The van der Waals surface area contributed by atoms with E-state index in [0.29, 0.717) is 0 Å². The van der Waals surface area contributed by atoms with Crippen LogP contribution in [0.4, 0.5) is 17.1 Å². The van der Waals surface area contributed by atoms with Crippen molar-refractivity contribution in [1.29, 1.82) is 0 Å². The molecule has 1 saturated heterocycles. The van der Waals surface area contributed by atoms with Crippen LogP contribution in [-0.4, -0.2) is 69.7 Å². The molecule has 0 aliphatic carbocycles. The molecule has 1 atom stereocenters. The SMILES string of the molecule is CCc1cc(N(C)C)cc(OC)c1C(c1c(CC)cc(N2CCC(C)CC2)cc1OC)c1c(OC)cc(N(C)C)cc1OC. The summed E-state index contributed by atoms with van der Waals surface area (Å²) < 4.78 is 24.9. The quantitative estimate of drug-likeness (QED) is 0.200. The van der Waals surface area contributed by atoms with E-state index in [-0.39, 0.29) is 5.92 Å². The lowest BCUT2D eigenvalue weighted by Gasteiger charge is -2.34. The molecule has 3 aromatic rings. The van der Waals surface area contributed by atoms with Gasteiger partial charge in [0.05, 0.1) is 28.4 Å². The first-order valence-corrected chi connectivity index (χ1v) is 15.9. The van der Waals surface area contributed by atoms with Crippen LogP contribution in [0.15, 0.2) is 36.4 Å². The minimum atomic E-state index is -0.280. The molecule has 0 aromatic heterocycles. The summed E-state index contributed by atoms with van der Waals surface area (Å²) in [5.41, 5.74) is 8.94. The molecule has 7 heteroatoms. The Labute approximate surface area is 265 Å². The molecule has 3 aromatic carbocycles. The van der Waals surface area contributed by atoms with Crippen molar-refractivity contribution < 1.29 is 18.9 Å². The van der Waals surface area contributed by atoms with Gasteiger partial charge in [0.2, 0.25) is 0 Å². The first-order chi connectivity index (χ1) is 21.1. The smallest absolute Gasteiger partial charge is 0.128 e. The Kier molecular flexibility index (Phi) is 10.8. The summed E-state index contributed by atoms with van der Waals surface area (Å²) in [6.45, 7) is 8.91. The molecule has 240 valence electrons. The summed E-state index contributed by atoms with van der Waals surface area (Å²) in [5, 5.41) is 0. The molecule has 1 aliphatic heterocycles. The van der Waals surface area contributed by atoms with Crippen LogP contribution < -0.4 is 33.6 Å². The van der Waals surface area contributed by atoms with Crippen molar-refractivity contribution >= 4 is 17.1 Å². The second-order valence-corrected chi connectivity index (χ2v) is 12.3. The molecule has 4 rings (SSSR count). The van der Waals surface area contributed by atoms with Gasteiger partial charge in [0.25, 0.3) is 0 Å². The standard InChI is InChI=1S/C37H53N3O4/c1-12-25-18-27(38(4)5)20-30(41-8)34(25)37(36-32(43-10)21-28(39(6)7)22-33(36)44-11)35-26(13-2)19-29(23-31(35)42-9)40-16-14-24(3)15-17-40/h18-24,37H,12-17H2,1-11H3. The molecule has 1 aliphatic rings. The summed E-state index contributed by atoms with van der Waals surface area (Å²) in [4.78, 5) is 6.71. The molecule has 0 spiro atoms. The highest BCUT2D eigenvalue weighted by Gasteiger charge is 2.34. The molecule has 1 heterocycles. The van der Waals surface area contributed by atoms with Gasteiger partial charge in [-0.2, -0.15) is 0 Å². The Morgan fingerprint density at radius 3 is 1.48 bits per heavy atom. The van der Waals surface area contributed by atoms with Gasteiger partial charge in [-0.15, -0.1) is 0 Å². The number of ether oxygens (including phenoxy) is 4. The van der Waals surface area contributed by atoms with Crippen LogP contribution in [0.25, 0.3) is 0 Å². The number of aryl methyl sites for hydroxylation is 2. The highest BCUT2D eigenvalue weighted by molar-refractivity contribution is 5.71. The van der Waals surface area contributed by atoms with E-state index in [1.54, 1.807) is 28.4 Å². The Balaban J connectivity index is 2.13. The van der Waals surface area contributed by atoms with Crippen molar-refractivity contribution in [3.63, 3.8) is 0 Å². The maximum Gasteiger partial charge on any atom is 0.128 e. The minimum Gasteiger partial charge on any atom is -0.496 e. The van der Waals surface area contributed by atoms with E-state index in [1.807, 2.05) is 14.1 Å². The topological polar surface area (TPSA) is 46.6 Å². The second-order valence-electron chi connectivity index (χ2n) is 12.3. The van der Waals surface area contributed by atoms with Crippen LogP contribution in [0.1, 0.15) is 67.3 Å². The lowest BCUT2D eigenvalue weighted by Crippen LogP contribution is -2.33. The lowest BCUT2D eigenvalue weighted by atomic mass is 9.77. The van der Waals surface area contributed by atoms with Crippen LogP contribution in [0.5, 0.6) is 23.0 Å². The van der Waals surface area contributed by atoms with Gasteiger partial charge >= 0.3 is 0 Å². The zero-order valence-corrected chi connectivity index (χ0v) is 28.8. The normalized spacial score (nSPS) is 14.3. The van der Waals surface area contributed by atoms with E-state index in [1.165, 1.54) is 29.7 Å². The number of hydrogen-bond acceptors (Lipinski definition) is 7. The van der Waals surface area contributed by atoms with E-state index in [0.717, 1.165) is 82.9 Å². The summed E-state index contributed by atoms with van der Waals surface area (Å²) in [6.07, 6.45) is 4.09. The highest BCUT2D eigenvalue weighted by atomic mass is 16.5. The van der Waals surface area contributed by atoms with Crippen LogP contribution >= 0.6 is 0 Å². The number of anilines is 3.